The van der Waals surface area contributed by atoms with Gasteiger partial charge in [0.05, 0.1) is 19.9 Å². The maximum atomic E-state index is 10.2. The van der Waals surface area contributed by atoms with Crippen LogP contribution < -0.4 is 9.47 Å². The van der Waals surface area contributed by atoms with Crippen molar-refractivity contribution < 1.29 is 19.4 Å². The van der Waals surface area contributed by atoms with Gasteiger partial charge in [0.25, 0.3) is 0 Å². The fourth-order valence-electron chi connectivity index (χ4n) is 3.26. The molecule has 162 valence electrons. The molecule has 3 aromatic rings. The van der Waals surface area contributed by atoms with Crippen molar-refractivity contribution >= 4 is 17.5 Å². The van der Waals surface area contributed by atoms with Gasteiger partial charge in [-0.2, -0.15) is 0 Å². The SMILES string of the molecule is COc1ccc(-c2nc(SCC(O)CO/N=C3\CCc4ccc(OC)cc43)n[nH]2)cc1. The maximum absolute atomic E-state index is 10.2. The standard InChI is InChI=1S/C22H24N4O4S/c1-28-17-7-4-15(5-8-17)21-23-22(25-24-21)31-13-16(27)12-30-26-20-10-6-14-3-9-18(29-2)11-19(14)20/h3-5,7-9,11,16,27H,6,10,12-13H2,1-2H3,(H,23,24,25)/b26-20+. The molecule has 8 nitrogen and oxygen atoms in total. The van der Waals surface area contributed by atoms with E-state index in [1.165, 1.54) is 17.3 Å². The molecule has 1 unspecified atom stereocenters. The van der Waals surface area contributed by atoms with Crippen LogP contribution >= 0.6 is 11.8 Å². The van der Waals surface area contributed by atoms with Crippen LogP contribution in [0.4, 0.5) is 0 Å². The Hall–Kier alpha value is -3.04. The lowest BCUT2D eigenvalue weighted by Crippen LogP contribution is -2.17. The summed E-state index contributed by atoms with van der Waals surface area (Å²) >= 11 is 1.35. The summed E-state index contributed by atoms with van der Waals surface area (Å²) in [6.07, 6.45) is 1.06. The van der Waals surface area contributed by atoms with Gasteiger partial charge in [0.15, 0.2) is 5.82 Å². The number of aryl methyl sites for hydroxylation is 1. The molecule has 9 heteroatoms. The molecule has 0 saturated heterocycles. The fraction of sp³-hybridized carbons (Fsp3) is 0.318. The number of benzene rings is 2. The van der Waals surface area contributed by atoms with E-state index in [1.54, 1.807) is 14.2 Å². The molecule has 0 bridgehead atoms. The Labute approximate surface area is 184 Å². The molecule has 0 saturated carbocycles. The van der Waals surface area contributed by atoms with E-state index < -0.39 is 6.10 Å². The van der Waals surface area contributed by atoms with E-state index >= 15 is 0 Å². The number of nitrogens with one attached hydrogen (secondary N) is 1. The molecule has 1 aliphatic rings. The third-order valence-corrected chi connectivity index (χ3v) is 5.93. The van der Waals surface area contributed by atoms with Gasteiger partial charge in [-0.15, -0.1) is 5.10 Å². The van der Waals surface area contributed by atoms with Gasteiger partial charge in [-0.1, -0.05) is 23.0 Å². The summed E-state index contributed by atoms with van der Waals surface area (Å²) in [4.78, 5) is 9.87. The highest BCUT2D eigenvalue weighted by molar-refractivity contribution is 7.99. The van der Waals surface area contributed by atoms with Gasteiger partial charge in [0.1, 0.15) is 24.2 Å². The zero-order valence-corrected chi connectivity index (χ0v) is 18.2. The van der Waals surface area contributed by atoms with E-state index in [2.05, 4.69) is 26.4 Å². The van der Waals surface area contributed by atoms with Crippen LogP contribution in [0.3, 0.4) is 0 Å². The Bertz CT molecular complexity index is 1050. The number of aromatic nitrogens is 3. The molecule has 1 heterocycles. The molecule has 1 atom stereocenters. The van der Waals surface area contributed by atoms with E-state index in [-0.39, 0.29) is 6.61 Å². The molecular weight excluding hydrogens is 416 g/mol. The van der Waals surface area contributed by atoms with Crippen LogP contribution in [0, 0.1) is 0 Å². The average Bonchev–Trinajstić information content (AvgIpc) is 3.45. The van der Waals surface area contributed by atoms with Crippen LogP contribution in [-0.4, -0.2) is 58.7 Å². The topological polar surface area (TPSA) is 102 Å². The first-order valence-corrected chi connectivity index (χ1v) is 10.9. The minimum Gasteiger partial charge on any atom is -0.497 e. The summed E-state index contributed by atoms with van der Waals surface area (Å²) < 4.78 is 10.4. The Morgan fingerprint density at radius 2 is 1.87 bits per heavy atom. The number of aliphatic hydroxyl groups is 1. The molecule has 1 aliphatic carbocycles. The van der Waals surface area contributed by atoms with Crippen molar-refractivity contribution in [2.75, 3.05) is 26.6 Å². The summed E-state index contributed by atoms with van der Waals surface area (Å²) in [5, 5.41) is 22.1. The van der Waals surface area contributed by atoms with E-state index in [4.69, 9.17) is 14.3 Å². The summed E-state index contributed by atoms with van der Waals surface area (Å²) in [7, 11) is 3.27. The van der Waals surface area contributed by atoms with Crippen molar-refractivity contribution in [1.29, 1.82) is 0 Å². The number of ether oxygens (including phenoxy) is 2. The number of hydrogen-bond acceptors (Lipinski definition) is 8. The first-order chi connectivity index (χ1) is 15.2. The molecule has 31 heavy (non-hydrogen) atoms. The normalized spacial score (nSPS) is 15.0. The third kappa shape index (κ3) is 5.18. The summed E-state index contributed by atoms with van der Waals surface area (Å²) in [6, 6.07) is 13.5. The van der Waals surface area contributed by atoms with Crippen molar-refractivity contribution in [2.45, 2.75) is 24.1 Å². The average molecular weight is 441 g/mol. The van der Waals surface area contributed by atoms with Crippen molar-refractivity contribution in [1.82, 2.24) is 15.2 Å². The van der Waals surface area contributed by atoms with E-state index in [1.807, 2.05) is 36.4 Å². The maximum Gasteiger partial charge on any atom is 0.208 e. The molecule has 0 aliphatic heterocycles. The predicted molar refractivity (Wildman–Crippen MR) is 119 cm³/mol. The summed E-state index contributed by atoms with van der Waals surface area (Å²) in [5.41, 5.74) is 4.08. The lowest BCUT2D eigenvalue weighted by atomic mass is 10.1. The molecule has 0 spiro atoms. The van der Waals surface area contributed by atoms with Crippen LogP contribution in [0.2, 0.25) is 0 Å². The summed E-state index contributed by atoms with van der Waals surface area (Å²) in [6.45, 7) is 0.103. The number of H-pyrrole nitrogens is 1. The molecule has 0 fully saturated rings. The molecule has 4 rings (SSSR count). The molecular formula is C22H24N4O4S. The molecule has 2 aromatic carbocycles. The number of aromatic amines is 1. The minimum absolute atomic E-state index is 0.103. The highest BCUT2D eigenvalue weighted by atomic mass is 32.2. The highest BCUT2D eigenvalue weighted by Crippen LogP contribution is 2.27. The van der Waals surface area contributed by atoms with Crippen LogP contribution in [0.5, 0.6) is 11.5 Å². The molecule has 2 N–H and O–H groups in total. The predicted octanol–water partition coefficient (Wildman–Crippen LogP) is 3.31. The molecule has 0 radical (unpaired) electrons. The van der Waals surface area contributed by atoms with Crippen molar-refractivity contribution in [3.05, 3.63) is 53.6 Å². The van der Waals surface area contributed by atoms with Gasteiger partial charge >= 0.3 is 0 Å². The molecule has 1 aromatic heterocycles. The van der Waals surface area contributed by atoms with E-state index in [9.17, 15) is 5.11 Å². The first kappa shape index (κ1) is 21.2. The van der Waals surface area contributed by atoms with E-state index in [0.717, 1.165) is 41.2 Å². The van der Waals surface area contributed by atoms with Crippen LogP contribution in [0.1, 0.15) is 17.5 Å². The van der Waals surface area contributed by atoms with Gasteiger partial charge in [-0.3, -0.25) is 5.10 Å². The lowest BCUT2D eigenvalue weighted by molar-refractivity contribution is 0.0523. The second-order valence-electron chi connectivity index (χ2n) is 7.02. The van der Waals surface area contributed by atoms with Crippen molar-refractivity contribution in [2.24, 2.45) is 5.16 Å². The van der Waals surface area contributed by atoms with E-state index in [0.29, 0.717) is 16.7 Å². The Morgan fingerprint density at radius 1 is 1.10 bits per heavy atom. The quantitative estimate of drug-likeness (QED) is 0.389. The largest absolute Gasteiger partial charge is 0.497 e. The summed E-state index contributed by atoms with van der Waals surface area (Å²) in [5.74, 6) is 2.64. The zero-order chi connectivity index (χ0) is 21.6. The first-order valence-electron chi connectivity index (χ1n) is 9.90. The van der Waals surface area contributed by atoms with Gasteiger partial charge in [0, 0.05) is 16.9 Å². The number of nitrogens with zero attached hydrogens (tertiary/aromatic N) is 3. The van der Waals surface area contributed by atoms with Gasteiger partial charge in [-0.05, 0) is 54.8 Å². The van der Waals surface area contributed by atoms with Gasteiger partial charge in [0.2, 0.25) is 5.16 Å². The third-order valence-electron chi connectivity index (χ3n) is 4.93. The number of rotatable bonds is 9. The number of thioether (sulfide) groups is 1. The second kappa shape index (κ2) is 9.84. The van der Waals surface area contributed by atoms with Gasteiger partial charge in [-0.25, -0.2) is 4.98 Å². The Morgan fingerprint density at radius 3 is 2.65 bits per heavy atom. The monoisotopic (exact) mass is 440 g/mol. The fourth-order valence-corrected chi connectivity index (χ4v) is 3.96. The zero-order valence-electron chi connectivity index (χ0n) is 17.4. The van der Waals surface area contributed by atoms with Crippen LogP contribution in [0.15, 0.2) is 52.8 Å². The Kier molecular flexibility index (Phi) is 6.73. The lowest BCUT2D eigenvalue weighted by Gasteiger charge is -2.08. The van der Waals surface area contributed by atoms with Crippen LogP contribution in [0.25, 0.3) is 11.4 Å². The number of aliphatic hydroxyl groups excluding tert-OH is 1. The Balaban J connectivity index is 1.26. The number of methoxy groups -OCH3 is 2. The smallest absolute Gasteiger partial charge is 0.208 e. The number of oxime groups is 1. The highest BCUT2D eigenvalue weighted by Gasteiger charge is 2.19. The number of fused-ring (bicyclic) bond motifs is 1. The van der Waals surface area contributed by atoms with Crippen molar-refractivity contribution in [3.8, 4) is 22.9 Å². The minimum atomic E-state index is -0.691. The van der Waals surface area contributed by atoms with Gasteiger partial charge < -0.3 is 19.4 Å². The van der Waals surface area contributed by atoms with Crippen LogP contribution in [-0.2, 0) is 11.3 Å². The molecule has 0 amide bonds. The number of hydrogen-bond donors (Lipinski definition) is 2. The second-order valence-corrected chi connectivity index (χ2v) is 8.00. The van der Waals surface area contributed by atoms with Crippen molar-refractivity contribution in [3.63, 3.8) is 0 Å².